The Balaban J connectivity index is 1.80. The van der Waals surface area contributed by atoms with E-state index in [1.807, 2.05) is 0 Å². The first kappa shape index (κ1) is 15.1. The Morgan fingerprint density at radius 3 is 2.73 bits per heavy atom. The van der Waals surface area contributed by atoms with Gasteiger partial charge in [0, 0.05) is 12.3 Å². The third kappa shape index (κ3) is 3.16. The van der Waals surface area contributed by atoms with Crippen LogP contribution >= 0.6 is 11.6 Å². The fraction of sp³-hybridized carbons (Fsp3) is 0.214. The average Bonchev–Trinajstić information content (AvgIpc) is 2.54. The standard InChI is InChI=1S/C14H13ClN2O4S/c15-11-2-1-5-16-12(11)9-17-22(18,19)10-3-4-13-14(8-10)21-7-6-20-13/h1-5,8,17H,6-7,9H2. The lowest BCUT2D eigenvalue weighted by Crippen LogP contribution is -2.24. The van der Waals surface area contributed by atoms with Gasteiger partial charge in [0.15, 0.2) is 11.5 Å². The average molecular weight is 341 g/mol. The van der Waals surface area contributed by atoms with Crippen LogP contribution in [0.5, 0.6) is 11.5 Å². The SMILES string of the molecule is O=S(=O)(NCc1ncccc1Cl)c1ccc2c(c1)OCCO2. The lowest BCUT2D eigenvalue weighted by Gasteiger charge is -2.18. The Morgan fingerprint density at radius 2 is 1.95 bits per heavy atom. The summed E-state index contributed by atoms with van der Waals surface area (Å²) >= 11 is 5.96. The molecule has 2 aromatic rings. The Labute approximate surface area is 133 Å². The molecule has 1 aliphatic heterocycles. The second-order valence-corrected chi connectivity index (χ2v) is 6.74. The second-order valence-electron chi connectivity index (χ2n) is 4.56. The van der Waals surface area contributed by atoms with E-state index in [1.54, 1.807) is 24.4 Å². The summed E-state index contributed by atoms with van der Waals surface area (Å²) in [7, 11) is -3.69. The molecule has 8 heteroatoms. The zero-order chi connectivity index (χ0) is 15.6. The number of ether oxygens (including phenoxy) is 2. The number of sulfonamides is 1. The number of nitrogens with zero attached hydrogens (tertiary/aromatic N) is 1. The molecule has 3 rings (SSSR count). The molecule has 6 nitrogen and oxygen atoms in total. The minimum absolute atomic E-state index is 0.0104. The van der Waals surface area contributed by atoms with Gasteiger partial charge < -0.3 is 9.47 Å². The van der Waals surface area contributed by atoms with Gasteiger partial charge in [-0.05, 0) is 24.3 Å². The van der Waals surface area contributed by atoms with Crippen molar-refractivity contribution in [1.29, 1.82) is 0 Å². The maximum atomic E-state index is 12.3. The van der Waals surface area contributed by atoms with Crippen molar-refractivity contribution in [3.63, 3.8) is 0 Å². The van der Waals surface area contributed by atoms with E-state index in [0.29, 0.717) is 35.4 Å². The van der Waals surface area contributed by atoms with Crippen molar-refractivity contribution in [3.05, 3.63) is 47.2 Å². The molecule has 0 radical (unpaired) electrons. The van der Waals surface area contributed by atoms with Crippen molar-refractivity contribution in [3.8, 4) is 11.5 Å². The van der Waals surface area contributed by atoms with Crippen LogP contribution in [-0.4, -0.2) is 26.6 Å². The number of pyridine rings is 1. The first-order chi connectivity index (χ1) is 10.6. The Hall–Kier alpha value is -1.83. The lowest BCUT2D eigenvalue weighted by molar-refractivity contribution is 0.171. The van der Waals surface area contributed by atoms with E-state index in [9.17, 15) is 8.42 Å². The maximum absolute atomic E-state index is 12.3. The topological polar surface area (TPSA) is 77.5 Å². The molecule has 0 saturated heterocycles. The van der Waals surface area contributed by atoms with E-state index in [0.717, 1.165) is 0 Å². The summed E-state index contributed by atoms with van der Waals surface area (Å²) in [5.41, 5.74) is 0.463. The smallest absolute Gasteiger partial charge is 0.241 e. The summed E-state index contributed by atoms with van der Waals surface area (Å²) in [6, 6.07) is 7.83. The number of hydrogen-bond donors (Lipinski definition) is 1. The first-order valence-electron chi connectivity index (χ1n) is 6.55. The third-order valence-electron chi connectivity index (χ3n) is 3.09. The molecule has 1 aromatic carbocycles. The number of aromatic nitrogens is 1. The van der Waals surface area contributed by atoms with Crippen LogP contribution in [-0.2, 0) is 16.6 Å². The Kier molecular flexibility index (Phi) is 4.19. The molecule has 0 atom stereocenters. The zero-order valence-corrected chi connectivity index (χ0v) is 13.0. The van der Waals surface area contributed by atoms with E-state index in [2.05, 4.69) is 9.71 Å². The largest absolute Gasteiger partial charge is 0.486 e. The molecule has 0 unspecified atom stereocenters. The molecule has 0 spiro atoms. The monoisotopic (exact) mass is 340 g/mol. The van der Waals surface area contributed by atoms with Crippen molar-refractivity contribution in [2.75, 3.05) is 13.2 Å². The van der Waals surface area contributed by atoms with Crippen molar-refractivity contribution in [2.45, 2.75) is 11.4 Å². The van der Waals surface area contributed by atoms with Gasteiger partial charge in [-0.1, -0.05) is 11.6 Å². The van der Waals surface area contributed by atoms with Gasteiger partial charge in [0.1, 0.15) is 13.2 Å². The molecule has 116 valence electrons. The molecule has 1 N–H and O–H groups in total. The molecular formula is C14H13ClN2O4S. The van der Waals surface area contributed by atoms with Gasteiger partial charge in [-0.3, -0.25) is 4.98 Å². The van der Waals surface area contributed by atoms with Crippen LogP contribution < -0.4 is 14.2 Å². The van der Waals surface area contributed by atoms with E-state index in [-0.39, 0.29) is 11.4 Å². The zero-order valence-electron chi connectivity index (χ0n) is 11.5. The van der Waals surface area contributed by atoms with E-state index < -0.39 is 10.0 Å². The summed E-state index contributed by atoms with van der Waals surface area (Å²) in [6.07, 6.45) is 1.56. The molecule has 22 heavy (non-hydrogen) atoms. The second kappa shape index (κ2) is 6.12. The van der Waals surface area contributed by atoms with Crippen molar-refractivity contribution in [1.82, 2.24) is 9.71 Å². The van der Waals surface area contributed by atoms with Gasteiger partial charge in [-0.15, -0.1) is 0 Å². The van der Waals surface area contributed by atoms with Crippen LogP contribution in [0.2, 0.25) is 5.02 Å². The number of rotatable bonds is 4. The molecule has 0 fully saturated rings. The van der Waals surface area contributed by atoms with Gasteiger partial charge >= 0.3 is 0 Å². The van der Waals surface area contributed by atoms with E-state index in [4.69, 9.17) is 21.1 Å². The van der Waals surface area contributed by atoms with Crippen LogP contribution in [0.3, 0.4) is 0 Å². The number of benzene rings is 1. The molecule has 0 aliphatic carbocycles. The van der Waals surface area contributed by atoms with Crippen LogP contribution in [0.4, 0.5) is 0 Å². The Bertz CT molecular complexity index is 795. The highest BCUT2D eigenvalue weighted by Crippen LogP contribution is 2.32. The molecule has 2 heterocycles. The highest BCUT2D eigenvalue weighted by atomic mass is 35.5. The van der Waals surface area contributed by atoms with Crippen molar-refractivity contribution < 1.29 is 17.9 Å². The summed E-state index contributed by atoms with van der Waals surface area (Å²) in [4.78, 5) is 4.14. The van der Waals surface area contributed by atoms with Crippen LogP contribution in [0.25, 0.3) is 0 Å². The molecule has 1 aliphatic rings. The molecule has 1 aromatic heterocycles. The number of nitrogens with one attached hydrogen (secondary N) is 1. The number of fused-ring (bicyclic) bond motifs is 1. The Morgan fingerprint density at radius 1 is 1.18 bits per heavy atom. The molecular weight excluding hydrogens is 328 g/mol. The van der Waals surface area contributed by atoms with Gasteiger partial charge in [0.05, 0.1) is 22.2 Å². The number of halogens is 1. The summed E-state index contributed by atoms with van der Waals surface area (Å²) in [5.74, 6) is 0.961. The lowest BCUT2D eigenvalue weighted by atomic mass is 10.3. The van der Waals surface area contributed by atoms with Crippen molar-refractivity contribution in [2.24, 2.45) is 0 Å². The molecule has 0 amide bonds. The number of hydrogen-bond acceptors (Lipinski definition) is 5. The fourth-order valence-corrected chi connectivity index (χ4v) is 3.18. The highest BCUT2D eigenvalue weighted by molar-refractivity contribution is 7.89. The predicted molar refractivity (Wildman–Crippen MR) is 80.7 cm³/mol. The fourth-order valence-electron chi connectivity index (χ4n) is 1.99. The molecule has 0 bridgehead atoms. The minimum atomic E-state index is -3.69. The van der Waals surface area contributed by atoms with Crippen LogP contribution in [0.1, 0.15) is 5.69 Å². The van der Waals surface area contributed by atoms with E-state index >= 15 is 0 Å². The van der Waals surface area contributed by atoms with Gasteiger partial charge in [-0.25, -0.2) is 13.1 Å². The highest BCUT2D eigenvalue weighted by Gasteiger charge is 2.19. The van der Waals surface area contributed by atoms with Gasteiger partial charge in [-0.2, -0.15) is 0 Å². The third-order valence-corrected chi connectivity index (χ3v) is 4.83. The maximum Gasteiger partial charge on any atom is 0.241 e. The first-order valence-corrected chi connectivity index (χ1v) is 8.41. The van der Waals surface area contributed by atoms with Gasteiger partial charge in [0.2, 0.25) is 10.0 Å². The summed E-state index contributed by atoms with van der Waals surface area (Å²) < 4.78 is 37.9. The normalized spacial score (nSPS) is 13.9. The molecule has 0 saturated carbocycles. The predicted octanol–water partition coefficient (Wildman–Crippen LogP) is 1.98. The quantitative estimate of drug-likeness (QED) is 0.921. The van der Waals surface area contributed by atoms with Crippen LogP contribution in [0, 0.1) is 0 Å². The van der Waals surface area contributed by atoms with Crippen molar-refractivity contribution >= 4 is 21.6 Å². The van der Waals surface area contributed by atoms with E-state index in [1.165, 1.54) is 12.1 Å². The van der Waals surface area contributed by atoms with Gasteiger partial charge in [0.25, 0.3) is 0 Å². The summed E-state index contributed by atoms with van der Waals surface area (Å²) in [5, 5.41) is 0.410. The summed E-state index contributed by atoms with van der Waals surface area (Å²) in [6.45, 7) is 0.861. The van der Waals surface area contributed by atoms with Crippen LogP contribution in [0.15, 0.2) is 41.4 Å². The minimum Gasteiger partial charge on any atom is -0.486 e.